The number of ether oxygens (including phenoxy) is 1. The van der Waals surface area contributed by atoms with E-state index in [1.807, 2.05) is 6.20 Å². The fraction of sp³-hybridized carbons (Fsp3) is 0.421. The van der Waals surface area contributed by atoms with Crippen molar-refractivity contribution in [3.8, 4) is 16.9 Å². The van der Waals surface area contributed by atoms with E-state index in [-0.39, 0.29) is 5.41 Å². The molecule has 0 fully saturated rings. The number of hydrogen-bond acceptors (Lipinski definition) is 2. The van der Waals surface area contributed by atoms with Gasteiger partial charge >= 0.3 is 0 Å². The van der Waals surface area contributed by atoms with Crippen LogP contribution in [0.1, 0.15) is 44.5 Å². The Morgan fingerprint density at radius 2 is 2.00 bits per heavy atom. The van der Waals surface area contributed by atoms with Gasteiger partial charge in [0, 0.05) is 23.9 Å². The third kappa shape index (κ3) is 2.55. The Hall–Kier alpha value is -1.83. The van der Waals surface area contributed by atoms with Crippen molar-refractivity contribution in [3.63, 3.8) is 0 Å². The predicted molar refractivity (Wildman–Crippen MR) is 87.0 cm³/mol. The van der Waals surface area contributed by atoms with Crippen molar-refractivity contribution >= 4 is 0 Å². The molecule has 0 N–H and O–H groups in total. The van der Waals surface area contributed by atoms with Crippen LogP contribution >= 0.6 is 0 Å². The summed E-state index contributed by atoms with van der Waals surface area (Å²) in [5.41, 5.74) is 6.64. The molecule has 21 heavy (non-hydrogen) atoms. The van der Waals surface area contributed by atoms with Gasteiger partial charge in [-0.05, 0) is 46.7 Å². The summed E-state index contributed by atoms with van der Waals surface area (Å²) in [7, 11) is 0. The largest absolute Gasteiger partial charge is 0.493 e. The highest BCUT2D eigenvalue weighted by molar-refractivity contribution is 5.72. The summed E-state index contributed by atoms with van der Waals surface area (Å²) in [6.45, 7) is 9.80. The molecule has 1 aliphatic heterocycles. The summed E-state index contributed by atoms with van der Waals surface area (Å²) in [5, 5.41) is 0. The first-order valence-electron chi connectivity index (χ1n) is 7.75. The summed E-state index contributed by atoms with van der Waals surface area (Å²) < 4.78 is 5.76. The van der Waals surface area contributed by atoms with Crippen molar-refractivity contribution in [2.45, 2.75) is 46.0 Å². The van der Waals surface area contributed by atoms with Gasteiger partial charge in [-0.3, -0.25) is 4.98 Å². The number of benzene rings is 1. The lowest BCUT2D eigenvalue weighted by atomic mass is 9.78. The predicted octanol–water partition coefficient (Wildman–Crippen LogP) is 4.54. The normalized spacial score (nSPS) is 13.9. The monoisotopic (exact) mass is 281 g/mol. The van der Waals surface area contributed by atoms with Crippen molar-refractivity contribution in [3.05, 3.63) is 47.3 Å². The van der Waals surface area contributed by atoms with Crippen LogP contribution in [0, 0.1) is 0 Å². The highest BCUT2D eigenvalue weighted by atomic mass is 16.5. The Kier molecular flexibility index (Phi) is 3.48. The molecule has 0 unspecified atom stereocenters. The molecule has 0 spiro atoms. The average Bonchev–Trinajstić information content (AvgIpc) is 2.93. The molecule has 2 nitrogen and oxygen atoms in total. The molecule has 0 bridgehead atoms. The number of fused-ring (bicyclic) bond motifs is 1. The van der Waals surface area contributed by atoms with Crippen molar-refractivity contribution in [1.82, 2.24) is 4.98 Å². The smallest absolute Gasteiger partial charge is 0.122 e. The highest BCUT2D eigenvalue weighted by Gasteiger charge is 2.27. The fourth-order valence-electron chi connectivity index (χ4n) is 3.21. The number of aromatic nitrogens is 1. The van der Waals surface area contributed by atoms with Crippen LogP contribution in [0.15, 0.2) is 30.5 Å². The average molecular weight is 281 g/mol. The Balaban J connectivity index is 2.23. The molecular weight excluding hydrogens is 258 g/mol. The van der Waals surface area contributed by atoms with Gasteiger partial charge in [-0.2, -0.15) is 0 Å². The molecule has 0 aliphatic carbocycles. The molecule has 0 saturated heterocycles. The molecule has 1 aliphatic rings. The van der Waals surface area contributed by atoms with E-state index in [4.69, 9.17) is 4.74 Å². The van der Waals surface area contributed by atoms with Gasteiger partial charge in [-0.1, -0.05) is 33.8 Å². The number of pyridine rings is 1. The molecule has 0 radical (unpaired) electrons. The van der Waals surface area contributed by atoms with Crippen LogP contribution in [-0.4, -0.2) is 11.6 Å². The minimum Gasteiger partial charge on any atom is -0.493 e. The van der Waals surface area contributed by atoms with Gasteiger partial charge in [-0.25, -0.2) is 0 Å². The quantitative estimate of drug-likeness (QED) is 0.806. The summed E-state index contributed by atoms with van der Waals surface area (Å²) >= 11 is 0. The van der Waals surface area contributed by atoms with E-state index < -0.39 is 0 Å². The lowest BCUT2D eigenvalue weighted by molar-refractivity contribution is 0.357. The molecule has 0 atom stereocenters. The van der Waals surface area contributed by atoms with Crippen LogP contribution in [0.5, 0.6) is 5.75 Å². The number of rotatable bonds is 2. The first-order valence-corrected chi connectivity index (χ1v) is 7.75. The van der Waals surface area contributed by atoms with E-state index in [9.17, 15) is 0 Å². The van der Waals surface area contributed by atoms with Crippen LogP contribution in [0.25, 0.3) is 11.1 Å². The second-order valence-electron chi connectivity index (χ2n) is 6.70. The first-order chi connectivity index (χ1) is 10.0. The van der Waals surface area contributed by atoms with E-state index >= 15 is 0 Å². The second kappa shape index (κ2) is 5.18. The van der Waals surface area contributed by atoms with E-state index in [1.54, 1.807) is 0 Å². The van der Waals surface area contributed by atoms with Gasteiger partial charge in [-0.15, -0.1) is 0 Å². The van der Waals surface area contributed by atoms with Crippen LogP contribution in [0.4, 0.5) is 0 Å². The highest BCUT2D eigenvalue weighted by Crippen LogP contribution is 2.41. The zero-order chi connectivity index (χ0) is 15.0. The molecule has 2 heteroatoms. The number of aryl methyl sites for hydroxylation is 1. The zero-order valence-corrected chi connectivity index (χ0v) is 13.4. The fourth-order valence-corrected chi connectivity index (χ4v) is 3.21. The second-order valence-corrected chi connectivity index (χ2v) is 6.70. The molecule has 0 saturated carbocycles. The minimum atomic E-state index is 0.101. The van der Waals surface area contributed by atoms with Gasteiger partial charge in [0.15, 0.2) is 0 Å². The Bertz CT molecular complexity index is 668. The van der Waals surface area contributed by atoms with Crippen LogP contribution in [0.2, 0.25) is 0 Å². The number of nitrogens with zero attached hydrogens (tertiary/aromatic N) is 1. The molecular formula is C19H23NO. The van der Waals surface area contributed by atoms with Crippen LogP contribution in [-0.2, 0) is 18.3 Å². The topological polar surface area (TPSA) is 22.1 Å². The zero-order valence-electron chi connectivity index (χ0n) is 13.4. The molecule has 2 heterocycles. The Morgan fingerprint density at radius 3 is 2.71 bits per heavy atom. The van der Waals surface area contributed by atoms with E-state index in [0.29, 0.717) is 0 Å². The summed E-state index contributed by atoms with van der Waals surface area (Å²) in [5.74, 6) is 1.06. The van der Waals surface area contributed by atoms with Crippen LogP contribution in [0.3, 0.4) is 0 Å². The van der Waals surface area contributed by atoms with Crippen molar-refractivity contribution in [2.24, 2.45) is 0 Å². The van der Waals surface area contributed by atoms with E-state index in [0.717, 1.165) is 30.9 Å². The van der Waals surface area contributed by atoms with Crippen molar-refractivity contribution in [2.75, 3.05) is 6.61 Å². The molecule has 3 rings (SSSR count). The third-order valence-electron chi connectivity index (χ3n) is 4.12. The molecule has 2 aromatic rings. The van der Waals surface area contributed by atoms with Gasteiger partial charge in [0.2, 0.25) is 0 Å². The third-order valence-corrected chi connectivity index (χ3v) is 4.12. The Morgan fingerprint density at radius 1 is 1.19 bits per heavy atom. The lowest BCUT2D eigenvalue weighted by Gasteiger charge is -2.26. The van der Waals surface area contributed by atoms with E-state index in [1.165, 1.54) is 22.3 Å². The maximum atomic E-state index is 5.76. The van der Waals surface area contributed by atoms with Gasteiger partial charge < -0.3 is 4.74 Å². The van der Waals surface area contributed by atoms with Gasteiger partial charge in [0.1, 0.15) is 5.75 Å². The first kappa shape index (κ1) is 14.1. The maximum Gasteiger partial charge on any atom is 0.122 e. The van der Waals surface area contributed by atoms with Crippen molar-refractivity contribution < 1.29 is 4.74 Å². The van der Waals surface area contributed by atoms with Gasteiger partial charge in [0.05, 0.1) is 6.61 Å². The molecule has 110 valence electrons. The Labute approximate surface area is 127 Å². The molecule has 0 amide bonds. The minimum absolute atomic E-state index is 0.101. The van der Waals surface area contributed by atoms with Crippen molar-refractivity contribution in [1.29, 1.82) is 0 Å². The maximum absolute atomic E-state index is 5.76. The van der Waals surface area contributed by atoms with Gasteiger partial charge in [0.25, 0.3) is 0 Å². The summed E-state index contributed by atoms with van der Waals surface area (Å²) in [6, 6.07) is 8.66. The summed E-state index contributed by atoms with van der Waals surface area (Å²) in [4.78, 5) is 4.42. The number of hydrogen-bond donors (Lipinski definition) is 0. The van der Waals surface area contributed by atoms with E-state index in [2.05, 4.69) is 56.9 Å². The molecule has 1 aromatic heterocycles. The summed E-state index contributed by atoms with van der Waals surface area (Å²) in [6.07, 6.45) is 3.90. The molecule has 1 aromatic carbocycles. The standard InChI is InChI=1S/C19H23NO/c1-5-14-12-13(8-10-20-14)15-6-7-17-16(9-11-21-17)18(15)19(2,3)4/h6-8,10,12H,5,9,11H2,1-4H3. The van der Waals surface area contributed by atoms with Crippen LogP contribution < -0.4 is 4.74 Å². The SMILES string of the molecule is CCc1cc(-c2ccc3c(c2C(C)(C)C)CCO3)ccn1. The lowest BCUT2D eigenvalue weighted by Crippen LogP contribution is -2.15.